The summed E-state index contributed by atoms with van der Waals surface area (Å²) in [4.78, 5) is 7.25. The molecular weight excluding hydrogens is 550 g/mol. The van der Waals surface area contributed by atoms with Gasteiger partial charge < -0.3 is 13.9 Å². The van der Waals surface area contributed by atoms with Crippen molar-refractivity contribution in [1.82, 2.24) is 9.55 Å². The van der Waals surface area contributed by atoms with Gasteiger partial charge in [0.05, 0.1) is 22.4 Å². The number of fused-ring (bicyclic) bond motifs is 6. The van der Waals surface area contributed by atoms with Crippen molar-refractivity contribution in [3.8, 4) is 17.1 Å². The van der Waals surface area contributed by atoms with Crippen LogP contribution in [0.15, 0.2) is 168 Å². The van der Waals surface area contributed by atoms with Crippen LogP contribution in [0.5, 0.6) is 0 Å². The van der Waals surface area contributed by atoms with Gasteiger partial charge in [-0.05, 0) is 66.0 Å². The molecule has 4 nitrogen and oxygen atoms in total. The summed E-state index contributed by atoms with van der Waals surface area (Å²) in [6, 6.07) is 57.2. The number of aromatic nitrogens is 2. The molecule has 0 aliphatic heterocycles. The number of nitrogens with zero attached hydrogens (tertiary/aromatic N) is 3. The SMILES string of the molecule is c1ccc(-c2nc3cccc(N(c4ccccc4)c4cc5ccccc5c5c4c4ccccc4n5-c4ccccc4)c3o2)cc1. The number of benzene rings is 7. The molecule has 0 aliphatic rings. The summed E-state index contributed by atoms with van der Waals surface area (Å²) < 4.78 is 9.02. The molecule has 2 aromatic heterocycles. The van der Waals surface area contributed by atoms with E-state index in [0.29, 0.717) is 5.89 Å². The topological polar surface area (TPSA) is 34.2 Å². The third-order valence-electron chi connectivity index (χ3n) is 8.56. The standard InChI is InChI=1S/C41H27N3O/c1-4-15-28(16-5-1)41-42-34-24-14-26-36(40(34)45-41)43(30-18-6-2-7-19-30)37-27-29-17-10-11-22-32(29)39-38(37)33-23-12-13-25-35(33)44(39)31-20-8-3-9-21-31/h1-27H. The maximum absolute atomic E-state index is 6.61. The molecule has 9 aromatic rings. The summed E-state index contributed by atoms with van der Waals surface area (Å²) in [6.07, 6.45) is 0. The summed E-state index contributed by atoms with van der Waals surface area (Å²) in [5.41, 5.74) is 9.01. The van der Waals surface area contributed by atoms with E-state index in [2.05, 4.69) is 137 Å². The minimum atomic E-state index is 0.607. The monoisotopic (exact) mass is 577 g/mol. The molecule has 9 rings (SSSR count). The van der Waals surface area contributed by atoms with Gasteiger partial charge in [-0.25, -0.2) is 4.98 Å². The van der Waals surface area contributed by atoms with Crippen LogP contribution in [-0.4, -0.2) is 9.55 Å². The fraction of sp³-hybridized carbons (Fsp3) is 0. The van der Waals surface area contributed by atoms with Crippen LogP contribution in [0.2, 0.25) is 0 Å². The largest absolute Gasteiger partial charge is 0.434 e. The maximum atomic E-state index is 6.61. The van der Waals surface area contributed by atoms with Crippen LogP contribution in [-0.2, 0) is 0 Å². The lowest BCUT2D eigenvalue weighted by Crippen LogP contribution is -2.11. The molecule has 0 unspecified atom stereocenters. The Morgan fingerprint density at radius 2 is 1.22 bits per heavy atom. The molecule has 0 saturated heterocycles. The Bertz CT molecular complexity index is 2480. The fourth-order valence-corrected chi connectivity index (χ4v) is 6.63. The Labute approximate surface area is 260 Å². The van der Waals surface area contributed by atoms with Crippen LogP contribution in [0.25, 0.3) is 60.8 Å². The Hall–Kier alpha value is -6.13. The van der Waals surface area contributed by atoms with E-state index in [0.717, 1.165) is 50.3 Å². The molecule has 0 spiro atoms. The highest BCUT2D eigenvalue weighted by Crippen LogP contribution is 2.48. The van der Waals surface area contributed by atoms with Crippen molar-refractivity contribution in [2.45, 2.75) is 0 Å². The van der Waals surface area contributed by atoms with Gasteiger partial charge in [0.2, 0.25) is 5.89 Å². The maximum Gasteiger partial charge on any atom is 0.227 e. The molecule has 0 amide bonds. The van der Waals surface area contributed by atoms with E-state index < -0.39 is 0 Å². The third-order valence-corrected chi connectivity index (χ3v) is 8.56. The molecule has 0 saturated carbocycles. The highest BCUT2D eigenvalue weighted by atomic mass is 16.3. The van der Waals surface area contributed by atoms with E-state index in [4.69, 9.17) is 9.40 Å². The van der Waals surface area contributed by atoms with E-state index in [1.807, 2.05) is 36.4 Å². The van der Waals surface area contributed by atoms with Gasteiger partial charge in [0.1, 0.15) is 5.52 Å². The summed E-state index contributed by atoms with van der Waals surface area (Å²) in [6.45, 7) is 0. The average molecular weight is 578 g/mol. The minimum absolute atomic E-state index is 0.607. The Kier molecular flexibility index (Phi) is 5.78. The second kappa shape index (κ2) is 10.2. The van der Waals surface area contributed by atoms with Crippen LogP contribution in [0.1, 0.15) is 0 Å². The van der Waals surface area contributed by atoms with Gasteiger partial charge in [-0.1, -0.05) is 103 Å². The van der Waals surface area contributed by atoms with Crippen molar-refractivity contribution in [2.24, 2.45) is 0 Å². The number of rotatable bonds is 5. The normalized spacial score (nSPS) is 11.6. The molecule has 0 radical (unpaired) electrons. The number of hydrogen-bond acceptors (Lipinski definition) is 3. The molecule has 0 N–H and O–H groups in total. The number of oxazole rings is 1. The minimum Gasteiger partial charge on any atom is -0.434 e. The lowest BCUT2D eigenvalue weighted by atomic mass is 10.0. The first-order valence-corrected chi connectivity index (χ1v) is 15.2. The molecule has 0 bridgehead atoms. The first kappa shape index (κ1) is 25.4. The molecule has 7 aromatic carbocycles. The fourth-order valence-electron chi connectivity index (χ4n) is 6.63. The van der Waals surface area contributed by atoms with Crippen LogP contribution in [0.4, 0.5) is 17.1 Å². The lowest BCUT2D eigenvalue weighted by Gasteiger charge is -2.27. The zero-order valence-electron chi connectivity index (χ0n) is 24.3. The number of para-hydroxylation sites is 4. The van der Waals surface area contributed by atoms with E-state index in [-0.39, 0.29) is 0 Å². The molecule has 2 heterocycles. The zero-order chi connectivity index (χ0) is 29.7. The van der Waals surface area contributed by atoms with Crippen molar-refractivity contribution in [3.63, 3.8) is 0 Å². The highest BCUT2D eigenvalue weighted by Gasteiger charge is 2.25. The molecule has 4 heteroatoms. The first-order chi connectivity index (χ1) is 22.3. The molecule has 212 valence electrons. The first-order valence-electron chi connectivity index (χ1n) is 15.2. The molecule has 45 heavy (non-hydrogen) atoms. The summed E-state index contributed by atoms with van der Waals surface area (Å²) in [7, 11) is 0. The second-order valence-electron chi connectivity index (χ2n) is 11.2. The van der Waals surface area contributed by atoms with Gasteiger partial charge in [-0.2, -0.15) is 0 Å². The Morgan fingerprint density at radius 1 is 0.556 bits per heavy atom. The number of anilines is 3. The van der Waals surface area contributed by atoms with Crippen molar-refractivity contribution in [1.29, 1.82) is 0 Å². The van der Waals surface area contributed by atoms with Gasteiger partial charge in [-0.3, -0.25) is 0 Å². The predicted octanol–water partition coefficient (Wildman–Crippen LogP) is 11.2. The molecule has 0 atom stereocenters. The van der Waals surface area contributed by atoms with Gasteiger partial charge in [-0.15, -0.1) is 0 Å². The molecule has 0 aliphatic carbocycles. The van der Waals surface area contributed by atoms with E-state index in [1.54, 1.807) is 0 Å². The molecular formula is C41H27N3O. The van der Waals surface area contributed by atoms with Crippen molar-refractivity contribution in [3.05, 3.63) is 164 Å². The Balaban J connectivity index is 1.43. The van der Waals surface area contributed by atoms with Gasteiger partial charge in [0, 0.05) is 33.1 Å². The van der Waals surface area contributed by atoms with Gasteiger partial charge >= 0.3 is 0 Å². The van der Waals surface area contributed by atoms with Crippen molar-refractivity contribution < 1.29 is 4.42 Å². The smallest absolute Gasteiger partial charge is 0.227 e. The molecule has 0 fully saturated rings. The number of hydrogen-bond donors (Lipinski definition) is 0. The van der Waals surface area contributed by atoms with Gasteiger partial charge in [0.15, 0.2) is 5.58 Å². The average Bonchev–Trinajstić information content (AvgIpc) is 3.71. The quantitative estimate of drug-likeness (QED) is 0.204. The van der Waals surface area contributed by atoms with Gasteiger partial charge in [0.25, 0.3) is 0 Å². The summed E-state index contributed by atoms with van der Waals surface area (Å²) in [5.74, 6) is 0.607. The lowest BCUT2D eigenvalue weighted by molar-refractivity contribution is 0.620. The van der Waals surface area contributed by atoms with E-state index in [9.17, 15) is 0 Å². The van der Waals surface area contributed by atoms with E-state index in [1.165, 1.54) is 21.7 Å². The van der Waals surface area contributed by atoms with Crippen LogP contribution >= 0.6 is 0 Å². The van der Waals surface area contributed by atoms with Crippen LogP contribution < -0.4 is 4.90 Å². The predicted molar refractivity (Wildman–Crippen MR) is 186 cm³/mol. The van der Waals surface area contributed by atoms with Crippen LogP contribution in [0.3, 0.4) is 0 Å². The third kappa shape index (κ3) is 4.04. The zero-order valence-corrected chi connectivity index (χ0v) is 24.3. The van der Waals surface area contributed by atoms with Crippen molar-refractivity contribution >= 4 is 60.7 Å². The highest BCUT2D eigenvalue weighted by molar-refractivity contribution is 6.25. The second-order valence-corrected chi connectivity index (χ2v) is 11.2. The summed E-state index contributed by atoms with van der Waals surface area (Å²) in [5, 5.41) is 4.73. The van der Waals surface area contributed by atoms with Crippen LogP contribution in [0, 0.1) is 0 Å². The Morgan fingerprint density at radius 3 is 2.02 bits per heavy atom. The summed E-state index contributed by atoms with van der Waals surface area (Å²) >= 11 is 0. The van der Waals surface area contributed by atoms with E-state index >= 15 is 0 Å². The van der Waals surface area contributed by atoms with Crippen molar-refractivity contribution in [2.75, 3.05) is 4.90 Å².